The van der Waals surface area contributed by atoms with E-state index in [0.29, 0.717) is 18.7 Å². The van der Waals surface area contributed by atoms with Gasteiger partial charge in [0.2, 0.25) is 0 Å². The Morgan fingerprint density at radius 1 is 1.60 bits per heavy atom. The van der Waals surface area contributed by atoms with E-state index in [2.05, 4.69) is 10.3 Å². The largest absolute Gasteiger partial charge is 0.373 e. The zero-order valence-corrected chi connectivity index (χ0v) is 8.99. The predicted molar refractivity (Wildman–Crippen MR) is 57.5 cm³/mol. The Kier molecular flexibility index (Phi) is 4.03. The molecule has 0 saturated heterocycles. The first-order valence-corrected chi connectivity index (χ1v) is 4.88. The van der Waals surface area contributed by atoms with Gasteiger partial charge >= 0.3 is 0 Å². The molecule has 0 aliphatic carbocycles. The number of hydrogen-bond donors (Lipinski definition) is 1. The summed E-state index contributed by atoms with van der Waals surface area (Å²) in [4.78, 5) is 28.3. The average molecular weight is 209 g/mol. The van der Waals surface area contributed by atoms with E-state index in [9.17, 15) is 9.59 Å². The van der Waals surface area contributed by atoms with Crippen LogP contribution in [0.5, 0.6) is 0 Å². The van der Waals surface area contributed by atoms with E-state index >= 15 is 0 Å². The zero-order chi connectivity index (χ0) is 11.3. The molecule has 0 aromatic carbocycles. The van der Waals surface area contributed by atoms with Crippen molar-refractivity contribution in [1.82, 2.24) is 10.2 Å². The number of aliphatic imine (C=N–C) groups is 1. The summed E-state index contributed by atoms with van der Waals surface area (Å²) in [5.74, 6) is -0.295. The Bertz CT molecular complexity index is 321. The molecule has 1 aliphatic rings. The van der Waals surface area contributed by atoms with Crippen LogP contribution < -0.4 is 5.32 Å². The predicted octanol–water partition coefficient (Wildman–Crippen LogP) is -0.0607. The molecule has 1 N–H and O–H groups in total. The normalized spacial score (nSPS) is 14.8. The molecule has 15 heavy (non-hydrogen) atoms. The van der Waals surface area contributed by atoms with Crippen molar-refractivity contribution in [2.24, 2.45) is 4.99 Å². The van der Waals surface area contributed by atoms with Crippen molar-refractivity contribution in [3.8, 4) is 0 Å². The minimum Gasteiger partial charge on any atom is -0.373 e. The molecule has 0 bridgehead atoms. The van der Waals surface area contributed by atoms with Crippen LogP contribution in [0.25, 0.3) is 0 Å². The smallest absolute Gasteiger partial charge is 0.271 e. The number of rotatable bonds is 4. The molecule has 1 rings (SSSR count). The number of hydrogen-bond acceptors (Lipinski definition) is 4. The summed E-state index contributed by atoms with van der Waals surface area (Å²) in [6.45, 7) is 2.54. The van der Waals surface area contributed by atoms with E-state index in [1.165, 1.54) is 0 Å². The summed E-state index contributed by atoms with van der Waals surface area (Å²) in [6.07, 6.45) is 3.75. The van der Waals surface area contributed by atoms with Crippen LogP contribution in [0, 0.1) is 0 Å². The van der Waals surface area contributed by atoms with Crippen LogP contribution in [0.3, 0.4) is 0 Å². The molecule has 5 nitrogen and oxygen atoms in total. The highest BCUT2D eigenvalue weighted by molar-refractivity contribution is 5.97. The van der Waals surface area contributed by atoms with Gasteiger partial charge in [-0.15, -0.1) is 0 Å². The molecule has 0 fully saturated rings. The lowest BCUT2D eigenvalue weighted by Gasteiger charge is -2.16. The average Bonchev–Trinajstić information content (AvgIpc) is 2.25. The van der Waals surface area contributed by atoms with Crippen LogP contribution in [0.2, 0.25) is 0 Å². The molecule has 1 heterocycles. The van der Waals surface area contributed by atoms with Crippen LogP contribution in [-0.4, -0.2) is 42.9 Å². The fourth-order valence-corrected chi connectivity index (χ4v) is 1.07. The van der Waals surface area contributed by atoms with Crippen LogP contribution in [0.1, 0.15) is 13.3 Å². The van der Waals surface area contributed by atoms with Crippen LogP contribution in [0.4, 0.5) is 0 Å². The Morgan fingerprint density at radius 3 is 2.93 bits per heavy atom. The number of nitrogens with one attached hydrogen (secondary N) is 1. The molecular formula is C10H15N3O2. The van der Waals surface area contributed by atoms with Gasteiger partial charge in [-0.3, -0.25) is 14.6 Å². The zero-order valence-electron chi connectivity index (χ0n) is 8.99. The molecule has 0 unspecified atom stereocenters. The summed E-state index contributed by atoms with van der Waals surface area (Å²) >= 11 is 0. The van der Waals surface area contributed by atoms with Gasteiger partial charge < -0.3 is 10.2 Å². The fourth-order valence-electron chi connectivity index (χ4n) is 1.07. The molecule has 0 aromatic rings. The van der Waals surface area contributed by atoms with Crippen LogP contribution in [0.15, 0.2) is 16.9 Å². The lowest BCUT2D eigenvalue weighted by atomic mass is 10.3. The number of Topliss-reactive ketones (excluding diaryl/α,β-unsaturated/α-hetero) is 1. The van der Waals surface area contributed by atoms with E-state index in [-0.39, 0.29) is 18.2 Å². The Balaban J connectivity index is 2.47. The van der Waals surface area contributed by atoms with Gasteiger partial charge in [0.05, 0.1) is 13.1 Å². The summed E-state index contributed by atoms with van der Waals surface area (Å²) in [6, 6.07) is 0. The molecule has 1 amide bonds. The third-order valence-corrected chi connectivity index (χ3v) is 2.02. The highest BCUT2D eigenvalue weighted by Crippen LogP contribution is 2.02. The van der Waals surface area contributed by atoms with E-state index in [1.54, 1.807) is 19.3 Å². The van der Waals surface area contributed by atoms with Crippen molar-refractivity contribution in [3.05, 3.63) is 11.9 Å². The fraction of sp³-hybridized carbons (Fsp3) is 0.500. The second kappa shape index (κ2) is 5.29. The topological polar surface area (TPSA) is 61.8 Å². The van der Waals surface area contributed by atoms with Gasteiger partial charge in [0.15, 0.2) is 5.78 Å². The first-order chi connectivity index (χ1) is 7.13. The Labute approximate surface area is 88.9 Å². The standard InChI is InChI=1S/C10H15N3O2/c1-3-8(14)6-12-10(15)9-7-13(2)5-4-11-9/h4,7H,3,5-6H2,1-2H3,(H,12,15). The SMILES string of the molecule is CCC(=O)CNC(=O)C1=CN(C)CC=N1. The van der Waals surface area contributed by atoms with Crippen molar-refractivity contribution in [2.45, 2.75) is 13.3 Å². The van der Waals surface area contributed by atoms with Crippen molar-refractivity contribution in [1.29, 1.82) is 0 Å². The Hall–Kier alpha value is -1.65. The van der Waals surface area contributed by atoms with E-state index in [1.807, 2.05) is 11.9 Å². The first-order valence-electron chi connectivity index (χ1n) is 4.88. The van der Waals surface area contributed by atoms with Gasteiger partial charge in [-0.1, -0.05) is 6.92 Å². The molecule has 0 saturated carbocycles. The van der Waals surface area contributed by atoms with Crippen molar-refractivity contribution in [3.63, 3.8) is 0 Å². The number of nitrogens with zero attached hydrogens (tertiary/aromatic N) is 2. The van der Waals surface area contributed by atoms with Crippen LogP contribution >= 0.6 is 0 Å². The number of amides is 1. The van der Waals surface area contributed by atoms with E-state index in [0.717, 1.165) is 0 Å². The maximum absolute atomic E-state index is 11.5. The number of carbonyl (C=O) groups is 2. The summed E-state index contributed by atoms with van der Waals surface area (Å²) in [5.41, 5.74) is 0.340. The Morgan fingerprint density at radius 2 is 2.33 bits per heavy atom. The third kappa shape index (κ3) is 3.53. The maximum Gasteiger partial charge on any atom is 0.271 e. The highest BCUT2D eigenvalue weighted by atomic mass is 16.2. The summed E-state index contributed by atoms with van der Waals surface area (Å²) in [7, 11) is 1.86. The second-order valence-corrected chi connectivity index (χ2v) is 3.34. The van der Waals surface area contributed by atoms with Crippen molar-refractivity contribution < 1.29 is 9.59 Å². The van der Waals surface area contributed by atoms with Crippen molar-refractivity contribution >= 4 is 17.9 Å². The van der Waals surface area contributed by atoms with Gasteiger partial charge in [-0.05, 0) is 0 Å². The third-order valence-electron chi connectivity index (χ3n) is 2.02. The van der Waals surface area contributed by atoms with E-state index in [4.69, 9.17) is 0 Å². The highest BCUT2D eigenvalue weighted by Gasteiger charge is 2.12. The minimum absolute atomic E-state index is 0.0112. The summed E-state index contributed by atoms with van der Waals surface area (Å²) < 4.78 is 0. The number of carbonyl (C=O) groups excluding carboxylic acids is 2. The molecule has 1 aliphatic heterocycles. The first kappa shape index (κ1) is 11.4. The molecule has 0 radical (unpaired) electrons. The monoisotopic (exact) mass is 209 g/mol. The van der Waals surface area contributed by atoms with Crippen molar-refractivity contribution in [2.75, 3.05) is 20.1 Å². The molecule has 82 valence electrons. The molecule has 0 spiro atoms. The maximum atomic E-state index is 11.5. The minimum atomic E-state index is -0.306. The van der Waals surface area contributed by atoms with Gasteiger partial charge in [0.1, 0.15) is 5.70 Å². The van der Waals surface area contributed by atoms with Gasteiger partial charge in [-0.2, -0.15) is 0 Å². The van der Waals surface area contributed by atoms with Gasteiger partial charge in [-0.25, -0.2) is 0 Å². The quantitative estimate of drug-likeness (QED) is 0.705. The molecular weight excluding hydrogens is 194 g/mol. The number of ketones is 1. The lowest BCUT2D eigenvalue weighted by molar-refractivity contribution is -0.123. The van der Waals surface area contributed by atoms with Gasteiger partial charge in [0, 0.05) is 25.9 Å². The molecule has 0 atom stereocenters. The lowest BCUT2D eigenvalue weighted by Crippen LogP contribution is -2.32. The molecule has 0 aromatic heterocycles. The summed E-state index contributed by atoms with van der Waals surface area (Å²) in [5, 5.41) is 2.53. The van der Waals surface area contributed by atoms with Gasteiger partial charge in [0.25, 0.3) is 5.91 Å². The second-order valence-electron chi connectivity index (χ2n) is 3.34. The van der Waals surface area contributed by atoms with Crippen LogP contribution in [-0.2, 0) is 9.59 Å². The van der Waals surface area contributed by atoms with E-state index < -0.39 is 0 Å². The molecule has 5 heteroatoms.